The van der Waals surface area contributed by atoms with E-state index in [9.17, 15) is 18.3 Å². The monoisotopic (exact) mass is 464 g/mol. The van der Waals surface area contributed by atoms with Crippen molar-refractivity contribution in [3.63, 3.8) is 0 Å². The maximum atomic E-state index is 13.0. The van der Waals surface area contributed by atoms with E-state index in [-0.39, 0.29) is 32.7 Å². The van der Waals surface area contributed by atoms with E-state index in [0.29, 0.717) is 43.4 Å². The molecule has 2 rings (SSSR count). The van der Waals surface area contributed by atoms with Crippen molar-refractivity contribution < 1.29 is 51.0 Å². The maximum absolute atomic E-state index is 13.0. The average Bonchev–Trinajstić information content (AvgIpc) is 2.46. The summed E-state index contributed by atoms with van der Waals surface area (Å²) in [6, 6.07) is 6.52. The molecule has 1 aliphatic rings. The van der Waals surface area contributed by atoms with Crippen molar-refractivity contribution in [3.05, 3.63) is 29.3 Å². The van der Waals surface area contributed by atoms with Crippen LogP contribution in [0.3, 0.4) is 0 Å². The minimum atomic E-state index is -4.60. The van der Waals surface area contributed by atoms with E-state index in [1.165, 1.54) is 12.1 Å². The largest absolute Gasteiger partial charge is 0.395 e. The van der Waals surface area contributed by atoms with Crippen LogP contribution >= 0.6 is 15.9 Å². The molecule has 0 atom stereocenters. The number of hydrogen-bond donors (Lipinski definition) is 1. The van der Waals surface area contributed by atoms with E-state index < -0.39 is 22.9 Å². The van der Waals surface area contributed by atoms with Gasteiger partial charge >= 0.3 is 6.18 Å². The van der Waals surface area contributed by atoms with Crippen molar-refractivity contribution >= 4 is 21.6 Å². The van der Waals surface area contributed by atoms with Gasteiger partial charge < -0.3 is 10.0 Å². The zero-order chi connectivity index (χ0) is 16.4. The van der Waals surface area contributed by atoms with Crippen LogP contribution in [0.2, 0.25) is 0 Å². The van der Waals surface area contributed by atoms with Crippen molar-refractivity contribution in [1.82, 2.24) is 0 Å². The summed E-state index contributed by atoms with van der Waals surface area (Å²) in [5.74, 6) is 0. The first-order chi connectivity index (χ1) is 10.3. The number of aliphatic hydroxyl groups is 1. The Bertz CT molecular complexity index is 581. The van der Waals surface area contributed by atoms with Gasteiger partial charge in [0.1, 0.15) is 0 Å². The number of halogens is 4. The Morgan fingerprint density at radius 2 is 1.96 bits per heavy atom. The molecule has 1 aliphatic heterocycles. The van der Waals surface area contributed by atoms with Gasteiger partial charge in [-0.3, -0.25) is 0 Å². The smallest absolute Gasteiger partial charge is 0.393 e. The van der Waals surface area contributed by atoms with Crippen LogP contribution < -0.4 is 4.90 Å². The van der Waals surface area contributed by atoms with Gasteiger partial charge in [-0.1, -0.05) is 21.6 Å². The molecule has 0 aliphatic carbocycles. The summed E-state index contributed by atoms with van der Waals surface area (Å²) < 4.78 is 38.9. The number of nitriles is 1. The van der Waals surface area contributed by atoms with E-state index >= 15 is 0 Å². The van der Waals surface area contributed by atoms with Crippen molar-refractivity contribution in [2.45, 2.75) is 31.0 Å². The molecule has 1 radical (unpaired) electrons. The van der Waals surface area contributed by atoms with Gasteiger partial charge in [-0.2, -0.15) is 19.2 Å². The van der Waals surface area contributed by atoms with Gasteiger partial charge in [0, 0.05) is 57.2 Å². The van der Waals surface area contributed by atoms with E-state index in [1.807, 2.05) is 0 Å². The normalized spacial score (nSPS) is 17.3. The molecule has 1 aromatic rings. The molecule has 0 amide bonds. The number of hydrogen-bond acceptors (Lipinski definition) is 3. The molecule has 0 spiro atoms. The molecule has 1 saturated heterocycles. The van der Waals surface area contributed by atoms with Gasteiger partial charge in [0.05, 0.1) is 5.60 Å². The SMILES string of the molecule is N#Cc1ccc(N2CCC(O)(CCBr)CC2)[c-]c1C(F)(F)F.[Y]. The Hall–Kier alpha value is -0.156. The van der Waals surface area contributed by atoms with E-state index in [1.54, 1.807) is 11.0 Å². The number of nitrogens with zero attached hydrogens (tertiary/aromatic N) is 2. The number of alkyl halides is 4. The molecule has 1 N–H and O–H groups in total. The summed E-state index contributed by atoms with van der Waals surface area (Å²) in [5, 5.41) is 19.8. The molecule has 3 nitrogen and oxygen atoms in total. The molecule has 123 valence electrons. The quantitative estimate of drug-likeness (QED) is 0.550. The topological polar surface area (TPSA) is 47.3 Å². The molecule has 0 unspecified atom stereocenters. The summed E-state index contributed by atoms with van der Waals surface area (Å²) in [6.45, 7) is 0.923. The fraction of sp³-hybridized carbons (Fsp3) is 0.533. The molecule has 0 aromatic heterocycles. The van der Waals surface area contributed by atoms with Gasteiger partial charge in [-0.05, 0) is 30.4 Å². The molecule has 1 aromatic carbocycles. The van der Waals surface area contributed by atoms with Crippen LogP contribution in [0.5, 0.6) is 0 Å². The third kappa shape index (κ3) is 5.16. The molecule has 23 heavy (non-hydrogen) atoms. The summed E-state index contributed by atoms with van der Waals surface area (Å²) in [4.78, 5) is 1.76. The molecular weight excluding hydrogens is 450 g/mol. The van der Waals surface area contributed by atoms with Crippen LogP contribution in [0.1, 0.15) is 30.4 Å². The minimum Gasteiger partial charge on any atom is -0.393 e. The van der Waals surface area contributed by atoms with Crippen molar-refractivity contribution in [2.75, 3.05) is 23.3 Å². The fourth-order valence-corrected chi connectivity index (χ4v) is 3.31. The number of piperidine rings is 1. The van der Waals surface area contributed by atoms with Gasteiger partial charge in [0.2, 0.25) is 0 Å². The van der Waals surface area contributed by atoms with Crippen LogP contribution in [0, 0.1) is 17.4 Å². The van der Waals surface area contributed by atoms with Crippen LogP contribution in [0.4, 0.5) is 18.9 Å². The van der Waals surface area contributed by atoms with Gasteiger partial charge in [-0.15, -0.1) is 12.1 Å². The fourth-order valence-electron chi connectivity index (χ4n) is 2.57. The summed E-state index contributed by atoms with van der Waals surface area (Å²) in [6.07, 6.45) is -3.00. The number of rotatable bonds is 3. The van der Waals surface area contributed by atoms with Crippen LogP contribution in [-0.2, 0) is 38.9 Å². The molecule has 0 bridgehead atoms. The third-order valence-corrected chi connectivity index (χ3v) is 4.33. The van der Waals surface area contributed by atoms with Crippen LogP contribution in [0.25, 0.3) is 0 Å². The van der Waals surface area contributed by atoms with E-state index in [4.69, 9.17) is 5.26 Å². The van der Waals surface area contributed by atoms with E-state index in [2.05, 4.69) is 22.0 Å². The Morgan fingerprint density at radius 1 is 1.35 bits per heavy atom. The van der Waals surface area contributed by atoms with Gasteiger partial charge in [0.15, 0.2) is 0 Å². The maximum Gasteiger partial charge on any atom is 0.395 e. The molecule has 0 saturated carbocycles. The zero-order valence-electron chi connectivity index (χ0n) is 12.3. The number of benzene rings is 1. The first-order valence-corrected chi connectivity index (χ1v) is 7.98. The molecular formula is C15H15BrF3N2OY-. The Morgan fingerprint density at radius 3 is 2.43 bits per heavy atom. The second kappa shape index (κ2) is 8.29. The van der Waals surface area contributed by atoms with Crippen molar-refractivity contribution in [3.8, 4) is 6.07 Å². The zero-order valence-corrected chi connectivity index (χ0v) is 16.8. The van der Waals surface area contributed by atoms with Gasteiger partial charge in [0.25, 0.3) is 0 Å². The van der Waals surface area contributed by atoms with Crippen LogP contribution in [-0.4, -0.2) is 29.1 Å². The predicted molar refractivity (Wildman–Crippen MR) is 79.8 cm³/mol. The Kier molecular flexibility index (Phi) is 7.52. The standard InChI is InChI=1S/C15H15BrF3N2O.Y/c16-6-3-14(22)4-7-21(8-5-14)12-2-1-11(10-20)13(9-12)15(17,18)19;/h1-2,22H,3-8H2;/q-1;. The van der Waals surface area contributed by atoms with E-state index in [0.717, 1.165) is 0 Å². The summed E-state index contributed by atoms with van der Waals surface area (Å²) >= 11 is 3.29. The van der Waals surface area contributed by atoms with Gasteiger partial charge in [-0.25, -0.2) is 5.26 Å². The molecule has 8 heteroatoms. The Labute approximate surface area is 166 Å². The minimum absolute atomic E-state index is 0. The van der Waals surface area contributed by atoms with Crippen molar-refractivity contribution in [2.24, 2.45) is 0 Å². The first kappa shape index (κ1) is 20.9. The predicted octanol–water partition coefficient (Wildman–Crippen LogP) is 3.49. The molecule has 1 fully saturated rings. The summed E-state index contributed by atoms with van der Waals surface area (Å²) in [7, 11) is 0. The van der Waals surface area contributed by atoms with Crippen molar-refractivity contribution in [1.29, 1.82) is 5.26 Å². The second-order valence-electron chi connectivity index (χ2n) is 5.39. The number of anilines is 1. The third-order valence-electron chi connectivity index (χ3n) is 3.93. The van der Waals surface area contributed by atoms with Crippen LogP contribution in [0.15, 0.2) is 12.1 Å². The second-order valence-corrected chi connectivity index (χ2v) is 6.19. The Balaban J connectivity index is 0.00000264. The average molecular weight is 465 g/mol. The first-order valence-electron chi connectivity index (χ1n) is 6.86. The summed E-state index contributed by atoms with van der Waals surface area (Å²) in [5.41, 5.74) is -1.91. The molecule has 1 heterocycles.